The largest absolute Gasteiger partial charge is 0.472 e. The molecular formula is C72H140O17P2. The minimum atomic E-state index is -4.95. The molecule has 0 aromatic heterocycles. The molecular weight excluding hydrogens is 1200 g/mol. The molecule has 0 aromatic rings. The van der Waals surface area contributed by atoms with Gasteiger partial charge < -0.3 is 33.8 Å². The highest BCUT2D eigenvalue weighted by Gasteiger charge is 2.30. The van der Waals surface area contributed by atoms with Crippen LogP contribution in [0.15, 0.2) is 0 Å². The van der Waals surface area contributed by atoms with Crippen molar-refractivity contribution in [1.82, 2.24) is 0 Å². The van der Waals surface area contributed by atoms with E-state index in [9.17, 15) is 43.2 Å². The van der Waals surface area contributed by atoms with Gasteiger partial charge in [0.05, 0.1) is 26.4 Å². The Morgan fingerprint density at radius 2 is 0.505 bits per heavy atom. The summed E-state index contributed by atoms with van der Waals surface area (Å²) >= 11 is 0. The number of ether oxygens (including phenoxy) is 4. The van der Waals surface area contributed by atoms with Crippen molar-refractivity contribution in [2.45, 2.75) is 381 Å². The Bertz CT molecular complexity index is 1780. The van der Waals surface area contributed by atoms with Crippen LogP contribution in [0.2, 0.25) is 0 Å². The number of rotatable bonds is 70. The van der Waals surface area contributed by atoms with E-state index >= 15 is 0 Å². The van der Waals surface area contributed by atoms with Crippen molar-refractivity contribution in [2.75, 3.05) is 39.6 Å². The van der Waals surface area contributed by atoms with Crippen LogP contribution in [0, 0.1) is 17.8 Å². The molecule has 0 heterocycles. The van der Waals surface area contributed by atoms with Crippen LogP contribution >= 0.6 is 15.6 Å². The first-order valence-corrected chi connectivity index (χ1v) is 40.3. The molecule has 540 valence electrons. The highest BCUT2D eigenvalue weighted by Crippen LogP contribution is 2.45. The summed E-state index contributed by atoms with van der Waals surface area (Å²) in [5.41, 5.74) is 0. The molecule has 17 nitrogen and oxygen atoms in total. The van der Waals surface area contributed by atoms with Crippen molar-refractivity contribution >= 4 is 39.5 Å². The molecule has 0 bridgehead atoms. The lowest BCUT2D eigenvalue weighted by atomic mass is 10.0. The van der Waals surface area contributed by atoms with E-state index in [0.717, 1.165) is 108 Å². The molecule has 91 heavy (non-hydrogen) atoms. The summed E-state index contributed by atoms with van der Waals surface area (Å²) in [5.74, 6) is 0.139. The Labute approximate surface area is 556 Å². The molecule has 0 aliphatic heterocycles. The number of carbonyl (C=O) groups excluding carboxylic acids is 4. The SMILES string of the molecule is CCCCCCCCCCCCCCC(=O)O[C@H](COC(=O)CCCCCCCCCCC(C)C)COP(=O)(O)OC[C@H](O)COP(=O)(O)OC[C@@H](COC(=O)CCCCCCCCCCCCC(C)C)OC(=O)CCCCCCCCCCCCCCC(C)C. The number of unbranched alkanes of at least 4 members (excludes halogenated alkanes) is 38. The summed E-state index contributed by atoms with van der Waals surface area (Å²) in [7, 11) is -9.90. The van der Waals surface area contributed by atoms with E-state index in [2.05, 4.69) is 48.5 Å². The molecule has 0 aliphatic carbocycles. The van der Waals surface area contributed by atoms with E-state index < -0.39 is 97.5 Å². The van der Waals surface area contributed by atoms with Crippen molar-refractivity contribution < 1.29 is 80.2 Å². The van der Waals surface area contributed by atoms with Crippen molar-refractivity contribution in [3.63, 3.8) is 0 Å². The lowest BCUT2D eigenvalue weighted by molar-refractivity contribution is -0.161. The number of hydrogen-bond donors (Lipinski definition) is 3. The van der Waals surface area contributed by atoms with E-state index in [4.69, 9.17) is 37.0 Å². The van der Waals surface area contributed by atoms with Crippen LogP contribution in [0.3, 0.4) is 0 Å². The fraction of sp³-hybridized carbons (Fsp3) is 0.944. The summed E-state index contributed by atoms with van der Waals surface area (Å²) < 4.78 is 68.4. The third-order valence-corrected chi connectivity index (χ3v) is 18.5. The minimum Gasteiger partial charge on any atom is -0.462 e. The van der Waals surface area contributed by atoms with Gasteiger partial charge in [-0.1, -0.05) is 312 Å². The predicted molar refractivity (Wildman–Crippen MR) is 368 cm³/mol. The highest BCUT2D eigenvalue weighted by atomic mass is 31.2. The van der Waals surface area contributed by atoms with E-state index in [1.165, 1.54) is 173 Å². The van der Waals surface area contributed by atoms with Crippen molar-refractivity contribution in [3.8, 4) is 0 Å². The first kappa shape index (κ1) is 89.1. The van der Waals surface area contributed by atoms with Crippen LogP contribution in [0.1, 0.15) is 363 Å². The van der Waals surface area contributed by atoms with Crippen LogP contribution in [-0.4, -0.2) is 96.7 Å². The molecule has 5 atom stereocenters. The smallest absolute Gasteiger partial charge is 0.462 e. The molecule has 0 amide bonds. The zero-order valence-corrected chi connectivity index (χ0v) is 61.1. The summed E-state index contributed by atoms with van der Waals surface area (Å²) in [5, 5.41) is 10.6. The van der Waals surface area contributed by atoms with Crippen LogP contribution in [-0.2, 0) is 65.4 Å². The highest BCUT2D eigenvalue weighted by molar-refractivity contribution is 7.47. The van der Waals surface area contributed by atoms with Gasteiger partial charge >= 0.3 is 39.5 Å². The number of phosphoric acid groups is 2. The predicted octanol–water partition coefficient (Wildman–Crippen LogP) is 20.6. The number of esters is 4. The van der Waals surface area contributed by atoms with E-state index in [-0.39, 0.29) is 25.7 Å². The van der Waals surface area contributed by atoms with Crippen molar-refractivity contribution in [1.29, 1.82) is 0 Å². The zero-order valence-electron chi connectivity index (χ0n) is 59.3. The normalized spacial score (nSPS) is 14.2. The van der Waals surface area contributed by atoms with Crippen molar-refractivity contribution in [2.24, 2.45) is 17.8 Å². The maximum Gasteiger partial charge on any atom is 0.472 e. The molecule has 0 saturated heterocycles. The second kappa shape index (κ2) is 62.8. The maximum atomic E-state index is 13.0. The fourth-order valence-electron chi connectivity index (χ4n) is 10.9. The van der Waals surface area contributed by atoms with Crippen molar-refractivity contribution in [3.05, 3.63) is 0 Å². The standard InChI is InChI=1S/C72H140O17P2/c1-8-9-10-11-12-13-14-18-25-34-41-48-55-71(76)89-68(60-83-70(75)54-47-40-33-28-27-31-38-45-52-65(6)7)62-87-91(80,81)85-58-66(73)57-84-90(78,79)86-61-67(59-82-69(74)53-46-39-32-24-21-20-23-30-37-44-51-64(4)5)88-72(77)56-49-42-35-26-19-16-15-17-22-29-36-43-50-63(2)3/h63-68,73H,8-62H2,1-7H3,(H,78,79)(H,80,81)/t66-,67-,68-/m1/s1. The molecule has 0 radical (unpaired) electrons. The molecule has 0 rings (SSSR count). The van der Waals surface area contributed by atoms with Gasteiger partial charge in [0, 0.05) is 25.7 Å². The topological polar surface area (TPSA) is 237 Å². The van der Waals surface area contributed by atoms with Gasteiger partial charge in [0.2, 0.25) is 0 Å². The Balaban J connectivity index is 5.26. The zero-order chi connectivity index (χ0) is 67.3. The second-order valence-corrected chi connectivity index (χ2v) is 30.3. The summed E-state index contributed by atoms with van der Waals surface area (Å²) in [6.45, 7) is 11.8. The van der Waals surface area contributed by atoms with Crippen LogP contribution < -0.4 is 0 Å². The molecule has 0 saturated carbocycles. The Hall–Kier alpha value is -1.94. The second-order valence-electron chi connectivity index (χ2n) is 27.4. The number of aliphatic hydroxyl groups excluding tert-OH is 1. The molecule has 3 N–H and O–H groups in total. The molecule has 0 spiro atoms. The van der Waals surface area contributed by atoms with Gasteiger partial charge in [-0.25, -0.2) is 9.13 Å². The van der Waals surface area contributed by atoms with Gasteiger partial charge in [0.15, 0.2) is 12.2 Å². The number of carbonyl (C=O) groups is 4. The molecule has 0 aromatic carbocycles. The number of hydrogen-bond acceptors (Lipinski definition) is 15. The fourth-order valence-corrected chi connectivity index (χ4v) is 12.5. The Morgan fingerprint density at radius 1 is 0.297 bits per heavy atom. The van der Waals surface area contributed by atoms with E-state index in [0.29, 0.717) is 25.7 Å². The third kappa shape index (κ3) is 66.5. The summed E-state index contributed by atoms with van der Waals surface area (Å²) in [6.07, 6.45) is 47.1. The Kier molecular flexibility index (Phi) is 61.5. The van der Waals surface area contributed by atoms with E-state index in [1.807, 2.05) is 0 Å². The Morgan fingerprint density at radius 3 is 0.747 bits per heavy atom. The quantitative estimate of drug-likeness (QED) is 0.0222. The van der Waals surface area contributed by atoms with Gasteiger partial charge in [0.25, 0.3) is 0 Å². The molecule has 2 unspecified atom stereocenters. The number of aliphatic hydroxyl groups is 1. The van der Waals surface area contributed by atoms with Gasteiger partial charge in [-0.05, 0) is 43.4 Å². The third-order valence-electron chi connectivity index (χ3n) is 16.6. The summed E-state index contributed by atoms with van der Waals surface area (Å²) in [4.78, 5) is 72.6. The average molecular weight is 1340 g/mol. The van der Waals surface area contributed by atoms with Gasteiger partial charge in [-0.2, -0.15) is 0 Å². The van der Waals surface area contributed by atoms with Crippen LogP contribution in [0.4, 0.5) is 0 Å². The molecule has 0 aliphatic rings. The maximum absolute atomic E-state index is 13.0. The van der Waals surface area contributed by atoms with E-state index in [1.54, 1.807) is 0 Å². The summed E-state index contributed by atoms with van der Waals surface area (Å²) in [6, 6.07) is 0. The van der Waals surface area contributed by atoms with Crippen LogP contribution in [0.5, 0.6) is 0 Å². The lowest BCUT2D eigenvalue weighted by Crippen LogP contribution is -2.30. The minimum absolute atomic E-state index is 0.106. The monoisotopic (exact) mass is 1340 g/mol. The van der Waals surface area contributed by atoms with Gasteiger partial charge in [0.1, 0.15) is 19.3 Å². The molecule has 0 fully saturated rings. The number of phosphoric ester groups is 2. The lowest BCUT2D eigenvalue weighted by Gasteiger charge is -2.21. The van der Waals surface area contributed by atoms with Crippen LogP contribution in [0.25, 0.3) is 0 Å². The first-order valence-electron chi connectivity index (χ1n) is 37.3. The first-order chi connectivity index (χ1) is 43.7. The van der Waals surface area contributed by atoms with Gasteiger partial charge in [-0.3, -0.25) is 37.3 Å². The average Bonchev–Trinajstić information content (AvgIpc) is 2.12. The van der Waals surface area contributed by atoms with Gasteiger partial charge in [-0.15, -0.1) is 0 Å². The molecule has 19 heteroatoms.